The zero-order chi connectivity index (χ0) is 19.6. The standard InChI is InChI=1S/C18H16F3N3O3/c19-12-5-6-13(17(21)16(12)20)22-18(25)11-7-9-23(10-8-11)14-3-1-2-4-15(14)24(26)27/h1-6,11H,7-10H2,(H,22,25). The van der Waals surface area contributed by atoms with Crippen LogP contribution in [0.1, 0.15) is 12.8 Å². The van der Waals surface area contributed by atoms with E-state index in [9.17, 15) is 28.1 Å². The van der Waals surface area contributed by atoms with Gasteiger partial charge in [0.15, 0.2) is 17.5 Å². The van der Waals surface area contributed by atoms with Crippen molar-refractivity contribution in [2.75, 3.05) is 23.3 Å². The maximum Gasteiger partial charge on any atom is 0.292 e. The number of hydrogen-bond donors (Lipinski definition) is 1. The van der Waals surface area contributed by atoms with Gasteiger partial charge < -0.3 is 10.2 Å². The van der Waals surface area contributed by atoms with Gasteiger partial charge in [-0.1, -0.05) is 12.1 Å². The van der Waals surface area contributed by atoms with E-state index in [0.29, 0.717) is 31.6 Å². The third-order valence-corrected chi connectivity index (χ3v) is 4.58. The quantitative estimate of drug-likeness (QED) is 0.497. The normalized spacial score (nSPS) is 14.9. The Kier molecular flexibility index (Phi) is 5.29. The van der Waals surface area contributed by atoms with Crippen LogP contribution in [0.3, 0.4) is 0 Å². The van der Waals surface area contributed by atoms with Gasteiger partial charge in [0.1, 0.15) is 5.69 Å². The largest absolute Gasteiger partial charge is 0.366 e. The molecule has 1 aliphatic heterocycles. The fourth-order valence-electron chi connectivity index (χ4n) is 3.13. The number of nitro benzene ring substituents is 1. The van der Waals surface area contributed by atoms with E-state index in [0.717, 1.165) is 12.1 Å². The van der Waals surface area contributed by atoms with Crippen LogP contribution in [0.5, 0.6) is 0 Å². The molecule has 0 spiro atoms. The zero-order valence-electron chi connectivity index (χ0n) is 14.1. The first-order chi connectivity index (χ1) is 12.9. The summed E-state index contributed by atoms with van der Waals surface area (Å²) in [7, 11) is 0. The Labute approximate surface area is 152 Å². The van der Waals surface area contributed by atoms with Gasteiger partial charge in [0.2, 0.25) is 5.91 Å². The number of piperidine rings is 1. The number of anilines is 2. The minimum absolute atomic E-state index is 0.00994. The number of nitrogens with one attached hydrogen (secondary N) is 1. The molecule has 3 rings (SSSR count). The van der Waals surface area contributed by atoms with Crippen LogP contribution in [0.15, 0.2) is 36.4 Å². The van der Waals surface area contributed by atoms with Crippen LogP contribution in [0.25, 0.3) is 0 Å². The second-order valence-electron chi connectivity index (χ2n) is 6.22. The first-order valence-corrected chi connectivity index (χ1v) is 8.31. The van der Waals surface area contributed by atoms with Crippen molar-refractivity contribution in [2.45, 2.75) is 12.8 Å². The molecule has 1 fully saturated rings. The summed E-state index contributed by atoms with van der Waals surface area (Å²) in [4.78, 5) is 24.8. The predicted octanol–water partition coefficient (Wildman–Crippen LogP) is 3.87. The molecule has 0 bridgehead atoms. The lowest BCUT2D eigenvalue weighted by atomic mass is 9.95. The first kappa shape index (κ1) is 18.7. The topological polar surface area (TPSA) is 75.5 Å². The summed E-state index contributed by atoms with van der Waals surface area (Å²) in [5.74, 6) is -5.37. The SMILES string of the molecule is O=C(Nc1ccc(F)c(F)c1F)C1CCN(c2ccccc2[N+](=O)[O-])CC1. The number of halogens is 3. The number of nitro groups is 1. The number of carbonyl (C=O) groups is 1. The minimum atomic E-state index is -1.64. The van der Waals surface area contributed by atoms with Gasteiger partial charge in [-0.2, -0.15) is 0 Å². The monoisotopic (exact) mass is 379 g/mol. The Morgan fingerprint density at radius 3 is 2.41 bits per heavy atom. The van der Waals surface area contributed by atoms with Gasteiger partial charge in [0.05, 0.1) is 10.6 Å². The van der Waals surface area contributed by atoms with E-state index in [1.54, 1.807) is 18.2 Å². The van der Waals surface area contributed by atoms with Crippen molar-refractivity contribution >= 4 is 23.0 Å². The van der Waals surface area contributed by atoms with E-state index in [-0.39, 0.29) is 5.69 Å². The third-order valence-electron chi connectivity index (χ3n) is 4.58. The Morgan fingerprint density at radius 1 is 1.07 bits per heavy atom. The van der Waals surface area contributed by atoms with Crippen LogP contribution < -0.4 is 10.2 Å². The highest BCUT2D eigenvalue weighted by Gasteiger charge is 2.28. The third kappa shape index (κ3) is 3.86. The van der Waals surface area contributed by atoms with Gasteiger partial charge in [-0.15, -0.1) is 0 Å². The van der Waals surface area contributed by atoms with Crippen molar-refractivity contribution in [3.8, 4) is 0 Å². The predicted molar refractivity (Wildman–Crippen MR) is 93.0 cm³/mol. The summed E-state index contributed by atoms with van der Waals surface area (Å²) in [5, 5.41) is 13.4. The van der Waals surface area contributed by atoms with E-state index in [1.807, 2.05) is 4.90 Å². The van der Waals surface area contributed by atoms with Gasteiger partial charge >= 0.3 is 0 Å². The van der Waals surface area contributed by atoms with Crippen molar-refractivity contribution < 1.29 is 22.9 Å². The molecule has 0 unspecified atom stereocenters. The van der Waals surface area contributed by atoms with E-state index >= 15 is 0 Å². The molecular weight excluding hydrogens is 363 g/mol. The van der Waals surface area contributed by atoms with Crippen LogP contribution in [-0.4, -0.2) is 23.9 Å². The molecule has 0 radical (unpaired) electrons. The molecule has 0 saturated carbocycles. The number of para-hydroxylation sites is 2. The number of rotatable bonds is 4. The maximum absolute atomic E-state index is 13.7. The van der Waals surface area contributed by atoms with E-state index in [2.05, 4.69) is 5.32 Å². The van der Waals surface area contributed by atoms with Crippen LogP contribution in [-0.2, 0) is 4.79 Å². The highest BCUT2D eigenvalue weighted by Crippen LogP contribution is 2.31. The molecule has 1 saturated heterocycles. The molecule has 6 nitrogen and oxygen atoms in total. The lowest BCUT2D eigenvalue weighted by Gasteiger charge is -2.32. The molecule has 0 aromatic heterocycles. The highest BCUT2D eigenvalue weighted by molar-refractivity contribution is 5.92. The summed E-state index contributed by atoms with van der Waals surface area (Å²) >= 11 is 0. The van der Waals surface area contributed by atoms with Crippen LogP contribution in [0.4, 0.5) is 30.2 Å². The number of nitrogens with zero attached hydrogens (tertiary/aromatic N) is 2. The lowest BCUT2D eigenvalue weighted by Crippen LogP contribution is -2.38. The number of amides is 1. The van der Waals surface area contributed by atoms with Gasteiger partial charge in [-0.25, -0.2) is 13.2 Å². The minimum Gasteiger partial charge on any atom is -0.366 e. The first-order valence-electron chi connectivity index (χ1n) is 8.31. The smallest absolute Gasteiger partial charge is 0.292 e. The molecule has 1 amide bonds. The van der Waals surface area contributed by atoms with Gasteiger partial charge in [0.25, 0.3) is 5.69 Å². The summed E-state index contributed by atoms with van der Waals surface area (Å²) in [6.45, 7) is 0.812. The molecule has 1 heterocycles. The average molecular weight is 379 g/mol. The van der Waals surface area contributed by atoms with Crippen LogP contribution >= 0.6 is 0 Å². The Balaban J connectivity index is 1.65. The lowest BCUT2D eigenvalue weighted by molar-refractivity contribution is -0.384. The van der Waals surface area contributed by atoms with Crippen LogP contribution in [0.2, 0.25) is 0 Å². The fourth-order valence-corrected chi connectivity index (χ4v) is 3.13. The van der Waals surface area contributed by atoms with Gasteiger partial charge in [-0.05, 0) is 31.0 Å². The van der Waals surface area contributed by atoms with Crippen molar-refractivity contribution in [1.82, 2.24) is 0 Å². The second-order valence-corrected chi connectivity index (χ2v) is 6.22. The van der Waals surface area contributed by atoms with Gasteiger partial charge in [0, 0.05) is 25.1 Å². The zero-order valence-corrected chi connectivity index (χ0v) is 14.1. The molecular formula is C18H16F3N3O3. The molecule has 142 valence electrons. The average Bonchev–Trinajstić information content (AvgIpc) is 2.68. The van der Waals surface area contributed by atoms with Crippen molar-refractivity contribution in [2.24, 2.45) is 5.92 Å². The van der Waals surface area contributed by atoms with Crippen molar-refractivity contribution in [1.29, 1.82) is 0 Å². The van der Waals surface area contributed by atoms with Crippen molar-refractivity contribution in [3.63, 3.8) is 0 Å². The maximum atomic E-state index is 13.7. The molecule has 0 aliphatic carbocycles. The molecule has 0 atom stereocenters. The van der Waals surface area contributed by atoms with E-state index < -0.39 is 39.9 Å². The van der Waals surface area contributed by atoms with Crippen LogP contribution in [0, 0.1) is 33.5 Å². The summed E-state index contributed by atoms with van der Waals surface area (Å²) in [5.41, 5.74) is 0.0531. The summed E-state index contributed by atoms with van der Waals surface area (Å²) in [6.07, 6.45) is 0.784. The molecule has 2 aromatic rings. The summed E-state index contributed by atoms with van der Waals surface area (Å²) < 4.78 is 39.9. The number of hydrogen-bond acceptors (Lipinski definition) is 4. The molecule has 27 heavy (non-hydrogen) atoms. The summed E-state index contributed by atoms with van der Waals surface area (Å²) in [6, 6.07) is 8.06. The fraction of sp³-hybridized carbons (Fsp3) is 0.278. The molecule has 1 aliphatic rings. The van der Waals surface area contributed by atoms with Crippen molar-refractivity contribution in [3.05, 3.63) is 64.0 Å². The second kappa shape index (κ2) is 7.65. The molecule has 1 N–H and O–H groups in total. The number of benzene rings is 2. The highest BCUT2D eigenvalue weighted by atomic mass is 19.2. The Hall–Kier alpha value is -3.10. The number of carbonyl (C=O) groups excluding carboxylic acids is 1. The van der Waals surface area contributed by atoms with E-state index in [4.69, 9.17) is 0 Å². The van der Waals surface area contributed by atoms with E-state index in [1.165, 1.54) is 6.07 Å². The Morgan fingerprint density at radius 2 is 1.74 bits per heavy atom. The molecule has 9 heteroatoms. The Bertz CT molecular complexity index is 883. The van der Waals surface area contributed by atoms with Gasteiger partial charge in [-0.3, -0.25) is 14.9 Å². The molecule has 2 aromatic carbocycles.